The molecule has 0 aliphatic carbocycles. The van der Waals surface area contributed by atoms with Gasteiger partial charge in [0.25, 0.3) is 0 Å². The lowest BCUT2D eigenvalue weighted by atomic mass is 9.96. The highest BCUT2D eigenvalue weighted by atomic mass is 19.1. The molecule has 0 saturated heterocycles. The Morgan fingerprint density at radius 3 is 2.11 bits per heavy atom. The second-order valence-corrected chi connectivity index (χ2v) is 9.95. The average molecular weight is 590 g/mol. The second-order valence-electron chi connectivity index (χ2n) is 9.95. The fraction of sp³-hybridized carbons (Fsp3) is 0.0857. The van der Waals surface area contributed by atoms with E-state index in [2.05, 4.69) is 10.4 Å². The normalized spacial score (nSPS) is 10.9. The minimum atomic E-state index is -0.897. The van der Waals surface area contributed by atoms with Gasteiger partial charge in [0, 0.05) is 16.5 Å². The van der Waals surface area contributed by atoms with Crippen molar-refractivity contribution in [1.29, 1.82) is 0 Å². The van der Waals surface area contributed by atoms with Crippen molar-refractivity contribution in [2.45, 2.75) is 13.2 Å². The van der Waals surface area contributed by atoms with Crippen molar-refractivity contribution < 1.29 is 28.2 Å². The first-order valence-corrected chi connectivity index (χ1v) is 13.9. The summed E-state index contributed by atoms with van der Waals surface area (Å²) in [6.07, 6.45) is -1.79. The third-order valence-corrected chi connectivity index (χ3v) is 7.13. The van der Waals surface area contributed by atoms with E-state index in [4.69, 9.17) is 14.2 Å². The van der Waals surface area contributed by atoms with Crippen molar-refractivity contribution in [2.24, 2.45) is 0 Å². The minimum absolute atomic E-state index is 0.0263. The maximum absolute atomic E-state index is 14.5. The van der Waals surface area contributed by atoms with Crippen LogP contribution in [0.25, 0.3) is 32.8 Å². The number of ether oxygens (including phenoxy) is 3. The number of nitrogens with one attached hydrogen (secondary N) is 2. The Balaban J connectivity index is 1.47. The molecule has 6 aromatic rings. The summed E-state index contributed by atoms with van der Waals surface area (Å²) < 4.78 is 31.4. The SMILES string of the molecule is COc1ccc2ccccc2c1-c1c(N(NC(=O)OCc2ccccc2)C(=O)OCc2ccccc2)[nH]c2cc(F)ccc12. The molecule has 0 bridgehead atoms. The van der Waals surface area contributed by atoms with Gasteiger partial charge in [-0.2, -0.15) is 5.01 Å². The van der Waals surface area contributed by atoms with Crippen LogP contribution in [0.15, 0.2) is 115 Å². The fourth-order valence-corrected chi connectivity index (χ4v) is 5.08. The van der Waals surface area contributed by atoms with Crippen molar-refractivity contribution in [3.63, 3.8) is 0 Å². The Morgan fingerprint density at radius 1 is 0.750 bits per heavy atom. The van der Waals surface area contributed by atoms with E-state index in [9.17, 15) is 14.0 Å². The summed E-state index contributed by atoms with van der Waals surface area (Å²) in [5.41, 5.74) is 5.59. The van der Waals surface area contributed by atoms with Gasteiger partial charge < -0.3 is 19.2 Å². The summed E-state index contributed by atoms with van der Waals surface area (Å²) in [6, 6.07) is 34.0. The maximum atomic E-state index is 14.5. The first kappa shape index (κ1) is 28.3. The number of fused-ring (bicyclic) bond motifs is 2. The smallest absolute Gasteiger partial charge is 0.435 e. The summed E-state index contributed by atoms with van der Waals surface area (Å²) in [4.78, 5) is 30.1. The summed E-state index contributed by atoms with van der Waals surface area (Å²) in [7, 11) is 1.55. The molecular weight excluding hydrogens is 561 g/mol. The van der Waals surface area contributed by atoms with Crippen LogP contribution >= 0.6 is 0 Å². The van der Waals surface area contributed by atoms with Gasteiger partial charge >= 0.3 is 12.2 Å². The molecule has 44 heavy (non-hydrogen) atoms. The van der Waals surface area contributed by atoms with Crippen LogP contribution in [0.4, 0.5) is 19.8 Å². The van der Waals surface area contributed by atoms with Gasteiger partial charge in [0.1, 0.15) is 30.6 Å². The van der Waals surface area contributed by atoms with E-state index < -0.39 is 18.0 Å². The second kappa shape index (κ2) is 12.6. The van der Waals surface area contributed by atoms with E-state index in [0.29, 0.717) is 27.8 Å². The van der Waals surface area contributed by atoms with E-state index in [1.165, 1.54) is 12.1 Å². The van der Waals surface area contributed by atoms with Crippen LogP contribution in [0, 0.1) is 5.82 Å². The molecular formula is C35H28FN3O5. The lowest BCUT2D eigenvalue weighted by Crippen LogP contribution is -2.47. The third-order valence-electron chi connectivity index (χ3n) is 7.13. The number of rotatable bonds is 7. The number of amides is 2. The Labute approximate surface area is 252 Å². The maximum Gasteiger partial charge on any atom is 0.435 e. The lowest BCUT2D eigenvalue weighted by Gasteiger charge is -2.23. The topological polar surface area (TPSA) is 92.9 Å². The highest BCUT2D eigenvalue weighted by molar-refractivity contribution is 6.13. The molecule has 0 spiro atoms. The molecule has 1 aromatic heterocycles. The summed E-state index contributed by atoms with van der Waals surface area (Å²) in [6.45, 7) is -0.0831. The molecule has 9 heteroatoms. The number of hydrazine groups is 1. The Hall–Kier alpha value is -5.83. The number of H-pyrrole nitrogens is 1. The number of aromatic amines is 1. The molecule has 1 heterocycles. The number of hydrogen-bond acceptors (Lipinski definition) is 5. The molecule has 8 nitrogen and oxygen atoms in total. The van der Waals surface area contributed by atoms with E-state index >= 15 is 0 Å². The zero-order chi connectivity index (χ0) is 30.5. The molecule has 5 aromatic carbocycles. The van der Waals surface area contributed by atoms with Crippen LogP contribution in [0.5, 0.6) is 5.75 Å². The number of aromatic nitrogens is 1. The van der Waals surface area contributed by atoms with Crippen molar-refractivity contribution in [2.75, 3.05) is 12.1 Å². The predicted molar refractivity (Wildman–Crippen MR) is 167 cm³/mol. The van der Waals surface area contributed by atoms with Gasteiger partial charge in [-0.3, -0.25) is 0 Å². The number of nitrogens with zero attached hydrogens (tertiary/aromatic N) is 1. The van der Waals surface area contributed by atoms with Gasteiger partial charge in [-0.15, -0.1) is 0 Å². The molecule has 6 rings (SSSR count). The molecule has 0 fully saturated rings. The number of halogens is 1. The molecule has 0 atom stereocenters. The van der Waals surface area contributed by atoms with Crippen LogP contribution in [-0.4, -0.2) is 24.3 Å². The van der Waals surface area contributed by atoms with Gasteiger partial charge in [-0.25, -0.2) is 19.4 Å². The standard InChI is InChI=1S/C35H28FN3O5/c1-42-30-19-16-25-14-8-9-15-27(25)31(30)32-28-18-17-26(36)20-29(28)37-33(32)39(35(41)44-22-24-12-6-3-7-13-24)38-34(40)43-21-23-10-4-2-5-11-23/h2-20,37H,21-22H2,1H3,(H,38,40). The Bertz CT molecular complexity index is 1940. The Kier molecular flexibility index (Phi) is 8.09. The molecule has 220 valence electrons. The molecule has 2 amide bonds. The third kappa shape index (κ3) is 5.89. The number of benzene rings is 5. The molecule has 0 aliphatic heterocycles. The van der Waals surface area contributed by atoms with Crippen LogP contribution in [0.3, 0.4) is 0 Å². The number of carbonyl (C=O) groups excluding carboxylic acids is 2. The lowest BCUT2D eigenvalue weighted by molar-refractivity contribution is 0.126. The predicted octanol–water partition coefficient (Wildman–Crippen LogP) is 8.12. The average Bonchev–Trinajstić information content (AvgIpc) is 3.43. The highest BCUT2D eigenvalue weighted by Crippen LogP contribution is 2.45. The van der Waals surface area contributed by atoms with E-state index in [1.54, 1.807) is 13.2 Å². The van der Waals surface area contributed by atoms with Crippen molar-refractivity contribution >= 4 is 39.7 Å². The monoisotopic (exact) mass is 589 g/mol. The summed E-state index contributed by atoms with van der Waals surface area (Å²) >= 11 is 0. The van der Waals surface area contributed by atoms with Gasteiger partial charge in [-0.1, -0.05) is 91.0 Å². The number of methoxy groups -OCH3 is 1. The van der Waals surface area contributed by atoms with Crippen LogP contribution in [0.1, 0.15) is 11.1 Å². The Morgan fingerprint density at radius 2 is 1.41 bits per heavy atom. The van der Waals surface area contributed by atoms with E-state index in [-0.39, 0.29) is 19.0 Å². The fourth-order valence-electron chi connectivity index (χ4n) is 5.08. The molecule has 0 unspecified atom stereocenters. The largest absolute Gasteiger partial charge is 0.496 e. The van der Waals surface area contributed by atoms with Gasteiger partial charge in [-0.05, 0) is 46.2 Å². The van der Waals surface area contributed by atoms with E-state index in [0.717, 1.165) is 26.9 Å². The van der Waals surface area contributed by atoms with Crippen LogP contribution in [-0.2, 0) is 22.7 Å². The number of carbonyl (C=O) groups is 2. The number of hydrogen-bond donors (Lipinski definition) is 2. The minimum Gasteiger partial charge on any atom is -0.496 e. The first-order valence-electron chi connectivity index (χ1n) is 13.9. The van der Waals surface area contributed by atoms with Gasteiger partial charge in [0.15, 0.2) is 0 Å². The van der Waals surface area contributed by atoms with Gasteiger partial charge in [0.2, 0.25) is 0 Å². The molecule has 0 radical (unpaired) electrons. The summed E-state index contributed by atoms with van der Waals surface area (Å²) in [5, 5.41) is 3.28. The zero-order valence-corrected chi connectivity index (χ0v) is 23.8. The van der Waals surface area contributed by atoms with Crippen molar-refractivity contribution in [3.05, 3.63) is 132 Å². The van der Waals surface area contributed by atoms with Crippen LogP contribution in [0.2, 0.25) is 0 Å². The highest BCUT2D eigenvalue weighted by Gasteiger charge is 2.30. The zero-order valence-electron chi connectivity index (χ0n) is 23.8. The van der Waals surface area contributed by atoms with Crippen LogP contribution < -0.4 is 15.2 Å². The van der Waals surface area contributed by atoms with Gasteiger partial charge in [0.05, 0.1) is 12.6 Å². The van der Waals surface area contributed by atoms with Crippen molar-refractivity contribution in [1.82, 2.24) is 10.4 Å². The summed E-state index contributed by atoms with van der Waals surface area (Å²) in [5.74, 6) is 0.171. The number of anilines is 1. The first-order chi connectivity index (χ1) is 21.5. The molecule has 0 aliphatic rings. The quantitative estimate of drug-likeness (QED) is 0.184. The molecule has 2 N–H and O–H groups in total. The van der Waals surface area contributed by atoms with E-state index in [1.807, 2.05) is 97.1 Å². The molecule has 0 saturated carbocycles. The van der Waals surface area contributed by atoms with Crippen molar-refractivity contribution in [3.8, 4) is 16.9 Å².